The Hall–Kier alpha value is -1.94. The molecule has 1 unspecified atom stereocenters. The van der Waals surface area contributed by atoms with Crippen LogP contribution in [0.4, 0.5) is 4.39 Å². The molecule has 0 bridgehead atoms. The molecule has 2 rings (SSSR count). The number of nitrogens with one attached hydrogen (secondary N) is 1. The second kappa shape index (κ2) is 5.60. The van der Waals surface area contributed by atoms with Crippen LogP contribution in [-0.2, 0) is 0 Å². The van der Waals surface area contributed by atoms with Crippen LogP contribution in [0.1, 0.15) is 17.2 Å². The number of rotatable bonds is 4. The zero-order valence-corrected chi connectivity index (χ0v) is 10.4. The van der Waals surface area contributed by atoms with Crippen molar-refractivity contribution < 1.29 is 9.13 Å². The maximum absolute atomic E-state index is 12.9. The van der Waals surface area contributed by atoms with Crippen molar-refractivity contribution in [3.63, 3.8) is 0 Å². The molecule has 0 aliphatic carbocycles. The molecule has 4 heteroatoms. The van der Waals surface area contributed by atoms with E-state index in [0.29, 0.717) is 5.75 Å². The van der Waals surface area contributed by atoms with Crippen molar-refractivity contribution in [1.82, 2.24) is 10.3 Å². The molecule has 1 atom stereocenters. The van der Waals surface area contributed by atoms with Gasteiger partial charge in [0, 0.05) is 6.20 Å². The molecule has 1 N–H and O–H groups in total. The number of ether oxygens (including phenoxy) is 1. The normalized spacial score (nSPS) is 12.2. The molecule has 0 fully saturated rings. The lowest BCUT2D eigenvalue weighted by atomic mass is 10.0. The summed E-state index contributed by atoms with van der Waals surface area (Å²) in [5.74, 6) is 0.465. The average Bonchev–Trinajstić information content (AvgIpc) is 2.42. The molecule has 0 amide bonds. The summed E-state index contributed by atoms with van der Waals surface area (Å²) < 4.78 is 18.1. The molecule has 0 radical (unpaired) electrons. The average molecular weight is 246 g/mol. The number of halogens is 1. The molecular weight excluding hydrogens is 231 g/mol. The van der Waals surface area contributed by atoms with Gasteiger partial charge in [0.1, 0.15) is 11.6 Å². The largest absolute Gasteiger partial charge is 0.495 e. The van der Waals surface area contributed by atoms with E-state index in [2.05, 4.69) is 10.3 Å². The molecular formula is C14H15FN2O. The first kappa shape index (κ1) is 12.5. The maximum atomic E-state index is 12.9. The lowest BCUT2D eigenvalue weighted by Gasteiger charge is -2.17. The van der Waals surface area contributed by atoms with Gasteiger partial charge >= 0.3 is 0 Å². The summed E-state index contributed by atoms with van der Waals surface area (Å²) >= 11 is 0. The highest BCUT2D eigenvalue weighted by Gasteiger charge is 2.13. The second-order valence-electron chi connectivity index (χ2n) is 3.93. The second-order valence-corrected chi connectivity index (χ2v) is 3.93. The lowest BCUT2D eigenvalue weighted by Crippen LogP contribution is -2.17. The molecule has 1 aromatic carbocycles. The van der Waals surface area contributed by atoms with Crippen LogP contribution >= 0.6 is 0 Å². The molecule has 0 saturated carbocycles. The van der Waals surface area contributed by atoms with Gasteiger partial charge in [-0.2, -0.15) is 0 Å². The van der Waals surface area contributed by atoms with Crippen molar-refractivity contribution in [3.05, 3.63) is 59.7 Å². The molecule has 0 spiro atoms. The summed E-state index contributed by atoms with van der Waals surface area (Å²) in [6.45, 7) is 0. The monoisotopic (exact) mass is 246 g/mol. The van der Waals surface area contributed by atoms with Crippen molar-refractivity contribution >= 4 is 0 Å². The third-order valence-corrected chi connectivity index (χ3v) is 2.80. The van der Waals surface area contributed by atoms with E-state index in [1.54, 1.807) is 31.6 Å². The van der Waals surface area contributed by atoms with Crippen LogP contribution in [0.5, 0.6) is 5.75 Å². The molecule has 3 nitrogen and oxygen atoms in total. The number of pyridine rings is 1. The minimum atomic E-state index is -0.239. The smallest absolute Gasteiger partial charge is 0.137 e. The summed E-state index contributed by atoms with van der Waals surface area (Å²) in [7, 11) is 3.46. The fraction of sp³-hybridized carbons (Fsp3) is 0.214. The molecule has 0 saturated heterocycles. The lowest BCUT2D eigenvalue weighted by molar-refractivity contribution is 0.411. The molecule has 1 heterocycles. The van der Waals surface area contributed by atoms with Crippen molar-refractivity contribution in [2.24, 2.45) is 0 Å². The Kier molecular flexibility index (Phi) is 3.89. The Morgan fingerprint density at radius 1 is 1.17 bits per heavy atom. The number of benzene rings is 1. The summed E-state index contributed by atoms with van der Waals surface area (Å²) in [6, 6.07) is 8.30. The third kappa shape index (κ3) is 2.65. The van der Waals surface area contributed by atoms with Crippen LogP contribution < -0.4 is 10.1 Å². The number of hydrogen-bond donors (Lipinski definition) is 1. The number of nitrogens with zero attached hydrogens (tertiary/aromatic N) is 1. The summed E-state index contributed by atoms with van der Waals surface area (Å²) in [5, 5.41) is 3.19. The number of hydrogen-bond acceptors (Lipinski definition) is 3. The topological polar surface area (TPSA) is 34.2 Å². The fourth-order valence-electron chi connectivity index (χ4n) is 1.89. The van der Waals surface area contributed by atoms with Gasteiger partial charge in [0.2, 0.25) is 0 Å². The molecule has 0 aliphatic rings. The Bertz CT molecular complexity index is 513. The van der Waals surface area contributed by atoms with Gasteiger partial charge in [0.25, 0.3) is 0 Å². The van der Waals surface area contributed by atoms with Crippen LogP contribution in [0.3, 0.4) is 0 Å². The quantitative estimate of drug-likeness (QED) is 0.900. The summed E-state index contributed by atoms with van der Waals surface area (Å²) in [6.07, 6.45) is 3.42. The first-order valence-corrected chi connectivity index (χ1v) is 5.66. The highest BCUT2D eigenvalue weighted by atomic mass is 19.1. The highest BCUT2D eigenvalue weighted by molar-refractivity contribution is 5.34. The number of methoxy groups -OCH3 is 1. The van der Waals surface area contributed by atoms with E-state index < -0.39 is 0 Å². The first-order chi connectivity index (χ1) is 8.74. The zero-order valence-electron chi connectivity index (χ0n) is 10.4. The van der Waals surface area contributed by atoms with E-state index in [0.717, 1.165) is 11.1 Å². The molecule has 94 valence electrons. The Morgan fingerprint density at radius 3 is 2.50 bits per heavy atom. The van der Waals surface area contributed by atoms with Gasteiger partial charge in [0.15, 0.2) is 0 Å². The summed E-state index contributed by atoms with van der Waals surface area (Å²) in [5.41, 5.74) is 1.96. The van der Waals surface area contributed by atoms with Crippen LogP contribution in [0, 0.1) is 5.82 Å². The summed E-state index contributed by atoms with van der Waals surface area (Å²) in [4.78, 5) is 4.13. The van der Waals surface area contributed by atoms with Crippen LogP contribution in [-0.4, -0.2) is 19.1 Å². The van der Waals surface area contributed by atoms with Gasteiger partial charge in [-0.25, -0.2) is 4.39 Å². The molecule has 1 aromatic heterocycles. The Balaban J connectivity index is 2.35. The predicted octanol–water partition coefficient (Wildman–Crippen LogP) is 2.54. The van der Waals surface area contributed by atoms with Crippen molar-refractivity contribution in [3.8, 4) is 5.75 Å². The van der Waals surface area contributed by atoms with Gasteiger partial charge < -0.3 is 10.1 Å². The van der Waals surface area contributed by atoms with E-state index in [1.165, 1.54) is 12.1 Å². The standard InChI is InChI=1S/C14H15FN2O/c1-16-14(10-3-5-12(15)6-4-10)11-7-13(18-2)9-17-8-11/h3-9,14,16H,1-2H3. The fourth-order valence-corrected chi connectivity index (χ4v) is 1.89. The molecule has 0 aliphatic heterocycles. The minimum Gasteiger partial charge on any atom is -0.495 e. The predicted molar refractivity (Wildman–Crippen MR) is 68.1 cm³/mol. The van der Waals surface area contributed by atoms with Crippen LogP contribution in [0.25, 0.3) is 0 Å². The Labute approximate surface area is 106 Å². The van der Waals surface area contributed by atoms with Gasteiger partial charge in [-0.05, 0) is 36.4 Å². The maximum Gasteiger partial charge on any atom is 0.137 e. The van der Waals surface area contributed by atoms with E-state index >= 15 is 0 Å². The van der Waals surface area contributed by atoms with Gasteiger partial charge in [-0.15, -0.1) is 0 Å². The van der Waals surface area contributed by atoms with Crippen molar-refractivity contribution in [2.45, 2.75) is 6.04 Å². The van der Waals surface area contributed by atoms with Gasteiger partial charge in [0.05, 0.1) is 19.3 Å². The van der Waals surface area contributed by atoms with E-state index in [4.69, 9.17) is 4.74 Å². The van der Waals surface area contributed by atoms with E-state index in [-0.39, 0.29) is 11.9 Å². The molecule has 18 heavy (non-hydrogen) atoms. The van der Waals surface area contributed by atoms with Crippen molar-refractivity contribution in [2.75, 3.05) is 14.2 Å². The van der Waals surface area contributed by atoms with E-state index in [9.17, 15) is 4.39 Å². The van der Waals surface area contributed by atoms with Crippen molar-refractivity contribution in [1.29, 1.82) is 0 Å². The van der Waals surface area contributed by atoms with Gasteiger partial charge in [-0.3, -0.25) is 4.98 Å². The highest BCUT2D eigenvalue weighted by Crippen LogP contribution is 2.23. The van der Waals surface area contributed by atoms with Gasteiger partial charge in [-0.1, -0.05) is 12.1 Å². The number of aromatic nitrogens is 1. The first-order valence-electron chi connectivity index (χ1n) is 5.66. The van der Waals surface area contributed by atoms with Crippen LogP contribution in [0.15, 0.2) is 42.7 Å². The van der Waals surface area contributed by atoms with Crippen LogP contribution in [0.2, 0.25) is 0 Å². The van der Waals surface area contributed by atoms with E-state index in [1.807, 2.05) is 13.1 Å². The SMILES string of the molecule is CNC(c1ccc(F)cc1)c1cncc(OC)c1. The third-order valence-electron chi connectivity index (χ3n) is 2.80. The Morgan fingerprint density at radius 2 is 1.89 bits per heavy atom. The zero-order chi connectivity index (χ0) is 13.0. The molecule has 2 aromatic rings. The minimum absolute atomic E-state index is 0.0341.